The van der Waals surface area contributed by atoms with E-state index in [1.165, 1.54) is 11.8 Å². The van der Waals surface area contributed by atoms with Gasteiger partial charge in [0.15, 0.2) is 5.82 Å². The van der Waals surface area contributed by atoms with E-state index in [1.807, 2.05) is 0 Å². The van der Waals surface area contributed by atoms with Crippen molar-refractivity contribution in [3.05, 3.63) is 11.7 Å². The van der Waals surface area contributed by atoms with Crippen LogP contribution >= 0.6 is 11.8 Å². The number of aliphatic carboxylic acids is 1. The van der Waals surface area contributed by atoms with Crippen LogP contribution in [-0.4, -0.2) is 33.0 Å². The van der Waals surface area contributed by atoms with Gasteiger partial charge in [-0.1, -0.05) is 5.16 Å². The number of nitrogens with two attached hydrogens (primary N) is 1. The fourth-order valence-electron chi connectivity index (χ4n) is 1.17. The maximum Gasteiger partial charge on any atom is 0.321 e. The van der Waals surface area contributed by atoms with E-state index in [-0.39, 0.29) is 0 Å². The normalized spacial score (nSPS) is 17.3. The van der Waals surface area contributed by atoms with Crippen molar-refractivity contribution in [2.75, 3.05) is 5.75 Å². The monoisotopic (exact) mass is 243 g/mol. The molecule has 16 heavy (non-hydrogen) atoms. The van der Waals surface area contributed by atoms with Crippen LogP contribution in [0.4, 0.5) is 0 Å². The standard InChI is InChI=1S/C9H13N3O3S/c10-6(9(13)14)3-16-4-7-11-8(15-12-7)5-1-2-5/h5-6H,1-4,10H2,(H,13,14). The molecule has 1 heterocycles. The molecule has 0 bridgehead atoms. The van der Waals surface area contributed by atoms with Crippen molar-refractivity contribution >= 4 is 17.7 Å². The lowest BCUT2D eigenvalue weighted by molar-refractivity contribution is -0.137. The van der Waals surface area contributed by atoms with E-state index in [2.05, 4.69) is 10.1 Å². The van der Waals surface area contributed by atoms with E-state index < -0.39 is 12.0 Å². The molecule has 1 aromatic rings. The van der Waals surface area contributed by atoms with Gasteiger partial charge >= 0.3 is 5.97 Å². The molecule has 1 aromatic heterocycles. The minimum absolute atomic E-state index is 0.350. The Balaban J connectivity index is 1.74. The predicted octanol–water partition coefficient (Wildman–Crippen LogP) is 0.592. The summed E-state index contributed by atoms with van der Waals surface area (Å²) in [6.07, 6.45) is 2.25. The van der Waals surface area contributed by atoms with Crippen LogP contribution in [0.2, 0.25) is 0 Å². The van der Waals surface area contributed by atoms with Crippen molar-refractivity contribution in [1.29, 1.82) is 0 Å². The second-order valence-electron chi connectivity index (χ2n) is 3.78. The van der Waals surface area contributed by atoms with Crippen molar-refractivity contribution in [3.63, 3.8) is 0 Å². The molecule has 2 rings (SSSR count). The topological polar surface area (TPSA) is 102 Å². The van der Waals surface area contributed by atoms with Gasteiger partial charge in [0, 0.05) is 11.7 Å². The summed E-state index contributed by atoms with van der Waals surface area (Å²) in [4.78, 5) is 14.7. The van der Waals surface area contributed by atoms with Gasteiger partial charge in [-0.25, -0.2) is 0 Å². The van der Waals surface area contributed by atoms with Crippen LogP contribution in [0.3, 0.4) is 0 Å². The first kappa shape index (κ1) is 11.4. The predicted molar refractivity (Wildman–Crippen MR) is 58.0 cm³/mol. The molecule has 0 saturated heterocycles. The molecule has 0 aromatic carbocycles. The van der Waals surface area contributed by atoms with Crippen molar-refractivity contribution in [3.8, 4) is 0 Å². The molecular formula is C9H13N3O3S. The van der Waals surface area contributed by atoms with Gasteiger partial charge in [0.1, 0.15) is 6.04 Å². The lowest BCUT2D eigenvalue weighted by Crippen LogP contribution is -2.32. The molecule has 1 unspecified atom stereocenters. The van der Waals surface area contributed by atoms with Crippen molar-refractivity contribution < 1.29 is 14.4 Å². The van der Waals surface area contributed by atoms with Crippen molar-refractivity contribution in [1.82, 2.24) is 10.1 Å². The Morgan fingerprint density at radius 3 is 3.06 bits per heavy atom. The summed E-state index contributed by atoms with van der Waals surface area (Å²) in [5, 5.41) is 12.4. The molecule has 6 nitrogen and oxygen atoms in total. The van der Waals surface area contributed by atoms with Crippen molar-refractivity contribution in [2.24, 2.45) is 5.73 Å². The van der Waals surface area contributed by atoms with Gasteiger partial charge < -0.3 is 15.4 Å². The molecule has 0 radical (unpaired) electrons. The Morgan fingerprint density at radius 1 is 1.69 bits per heavy atom. The second-order valence-corrected chi connectivity index (χ2v) is 4.81. The summed E-state index contributed by atoms with van der Waals surface area (Å²) in [7, 11) is 0. The average Bonchev–Trinajstić information content (AvgIpc) is 2.99. The van der Waals surface area contributed by atoms with Crippen LogP contribution in [0.15, 0.2) is 4.52 Å². The molecule has 0 aliphatic heterocycles. The van der Waals surface area contributed by atoms with Crippen LogP contribution in [-0.2, 0) is 10.5 Å². The fourth-order valence-corrected chi connectivity index (χ4v) is 1.98. The summed E-state index contributed by atoms with van der Waals surface area (Å²) in [6.45, 7) is 0. The van der Waals surface area contributed by atoms with Crippen LogP contribution in [0.25, 0.3) is 0 Å². The Hall–Kier alpha value is -1.08. The van der Waals surface area contributed by atoms with Gasteiger partial charge in [-0.2, -0.15) is 16.7 Å². The van der Waals surface area contributed by atoms with Gasteiger partial charge in [0.05, 0.1) is 5.75 Å². The number of aromatic nitrogens is 2. The van der Waals surface area contributed by atoms with E-state index in [9.17, 15) is 4.79 Å². The molecule has 1 aliphatic carbocycles. The van der Waals surface area contributed by atoms with Crippen LogP contribution in [0.5, 0.6) is 0 Å². The minimum Gasteiger partial charge on any atom is -0.480 e. The number of rotatable bonds is 6. The third kappa shape index (κ3) is 2.96. The fraction of sp³-hybridized carbons (Fsp3) is 0.667. The highest BCUT2D eigenvalue weighted by Crippen LogP contribution is 2.38. The van der Waals surface area contributed by atoms with Gasteiger partial charge in [-0.05, 0) is 12.8 Å². The molecule has 1 atom stereocenters. The molecule has 3 N–H and O–H groups in total. The molecule has 0 spiro atoms. The van der Waals surface area contributed by atoms with E-state index in [0.29, 0.717) is 29.1 Å². The van der Waals surface area contributed by atoms with E-state index in [0.717, 1.165) is 12.8 Å². The van der Waals surface area contributed by atoms with Crippen LogP contribution in [0.1, 0.15) is 30.5 Å². The SMILES string of the molecule is NC(CSCc1noc(C2CC2)n1)C(=O)O. The maximum absolute atomic E-state index is 10.5. The van der Waals surface area contributed by atoms with E-state index >= 15 is 0 Å². The molecule has 0 amide bonds. The highest BCUT2D eigenvalue weighted by atomic mass is 32.2. The van der Waals surface area contributed by atoms with Crippen LogP contribution < -0.4 is 5.73 Å². The zero-order valence-electron chi connectivity index (χ0n) is 8.63. The molecule has 1 fully saturated rings. The zero-order chi connectivity index (χ0) is 11.5. The molecular weight excluding hydrogens is 230 g/mol. The highest BCUT2D eigenvalue weighted by molar-refractivity contribution is 7.98. The van der Waals surface area contributed by atoms with Gasteiger partial charge in [-0.3, -0.25) is 4.79 Å². The first-order valence-corrected chi connectivity index (χ1v) is 6.21. The number of carboxylic acids is 1. The summed E-state index contributed by atoms with van der Waals surface area (Å²) < 4.78 is 5.07. The second kappa shape index (κ2) is 4.84. The zero-order valence-corrected chi connectivity index (χ0v) is 9.44. The lowest BCUT2D eigenvalue weighted by Gasteiger charge is -2.03. The third-order valence-electron chi connectivity index (χ3n) is 2.26. The minimum atomic E-state index is -0.987. The quantitative estimate of drug-likeness (QED) is 0.753. The van der Waals surface area contributed by atoms with E-state index in [1.54, 1.807) is 0 Å². The Bertz CT molecular complexity index is 378. The number of carbonyl (C=O) groups is 1. The highest BCUT2D eigenvalue weighted by Gasteiger charge is 2.29. The maximum atomic E-state index is 10.5. The number of thioether (sulfide) groups is 1. The Morgan fingerprint density at radius 2 is 2.44 bits per heavy atom. The number of hydrogen-bond donors (Lipinski definition) is 2. The van der Waals surface area contributed by atoms with Gasteiger partial charge in [0.25, 0.3) is 0 Å². The molecule has 7 heteroatoms. The molecule has 1 aliphatic rings. The number of nitrogens with zero attached hydrogens (tertiary/aromatic N) is 2. The summed E-state index contributed by atoms with van der Waals surface area (Å²) >= 11 is 1.40. The van der Waals surface area contributed by atoms with Gasteiger partial charge in [-0.15, -0.1) is 0 Å². The average molecular weight is 243 g/mol. The Labute approximate surface area is 96.6 Å². The summed E-state index contributed by atoms with van der Waals surface area (Å²) in [5.41, 5.74) is 5.36. The van der Waals surface area contributed by atoms with Crippen LogP contribution in [0, 0.1) is 0 Å². The molecule has 88 valence electrons. The van der Waals surface area contributed by atoms with Gasteiger partial charge in [0.2, 0.25) is 5.89 Å². The van der Waals surface area contributed by atoms with E-state index in [4.69, 9.17) is 15.4 Å². The van der Waals surface area contributed by atoms with Crippen molar-refractivity contribution in [2.45, 2.75) is 30.6 Å². The summed E-state index contributed by atoms with van der Waals surface area (Å²) in [6, 6.07) is -0.834. The molecule has 1 saturated carbocycles. The first-order chi connectivity index (χ1) is 7.66. The Kier molecular flexibility index (Phi) is 3.45. The lowest BCUT2D eigenvalue weighted by atomic mass is 10.4. The number of hydrogen-bond acceptors (Lipinski definition) is 6. The number of carboxylic acid groups (broad SMARTS) is 1. The smallest absolute Gasteiger partial charge is 0.321 e. The summed E-state index contributed by atoms with van der Waals surface area (Å²) in [5.74, 6) is 1.68. The largest absolute Gasteiger partial charge is 0.480 e. The third-order valence-corrected chi connectivity index (χ3v) is 3.31. The first-order valence-electron chi connectivity index (χ1n) is 5.05.